The molecule has 5 nitrogen and oxygen atoms in total. The lowest BCUT2D eigenvalue weighted by Crippen LogP contribution is -1.99. The maximum atomic E-state index is 12.5. The van der Waals surface area contributed by atoms with Crippen molar-refractivity contribution in [3.63, 3.8) is 0 Å². The summed E-state index contributed by atoms with van der Waals surface area (Å²) in [5, 5.41) is 13.0. The summed E-state index contributed by atoms with van der Waals surface area (Å²) in [5.41, 5.74) is -0.129. The molecule has 94 valence electrons. The summed E-state index contributed by atoms with van der Waals surface area (Å²) in [7, 11) is 0. The van der Waals surface area contributed by atoms with Crippen LogP contribution in [0, 0.1) is 14.8 Å². The molecule has 8 heteroatoms. The summed E-state index contributed by atoms with van der Waals surface area (Å²) in [4.78, 5) is 10.1. The number of alkyl halides is 2. The summed E-state index contributed by atoms with van der Waals surface area (Å²) in [6.45, 7) is 0. The summed E-state index contributed by atoms with van der Waals surface area (Å²) < 4.78 is 26.3. The van der Waals surface area contributed by atoms with Gasteiger partial charge < -0.3 is 0 Å². The van der Waals surface area contributed by atoms with E-state index in [-0.39, 0.29) is 16.0 Å². The second-order valence-electron chi connectivity index (χ2n) is 3.46. The highest BCUT2D eigenvalue weighted by Crippen LogP contribution is 2.21. The molecule has 0 saturated carbocycles. The Labute approximate surface area is 105 Å². The topological polar surface area (TPSA) is 63.9 Å². The molecule has 1 heterocycles. The van der Waals surface area contributed by atoms with E-state index in [1.54, 1.807) is 0 Å². The molecule has 18 heavy (non-hydrogen) atoms. The van der Waals surface area contributed by atoms with E-state index in [1.165, 1.54) is 28.9 Å². The van der Waals surface area contributed by atoms with E-state index in [0.717, 1.165) is 6.07 Å². The number of hydrogen-bond donors (Lipinski definition) is 1. The van der Waals surface area contributed by atoms with Crippen LogP contribution in [0.5, 0.6) is 0 Å². The van der Waals surface area contributed by atoms with Crippen molar-refractivity contribution in [1.82, 2.24) is 9.78 Å². The number of aromatic amines is 1. The van der Waals surface area contributed by atoms with Crippen LogP contribution in [0.15, 0.2) is 30.3 Å². The molecule has 1 aromatic heterocycles. The SMILES string of the molecule is O=[N+]([O-])c1cccc(-n2[nH]c(C(F)F)cc2=S)c1. The summed E-state index contributed by atoms with van der Waals surface area (Å²) in [5.74, 6) is 0. The van der Waals surface area contributed by atoms with Crippen LogP contribution in [-0.2, 0) is 0 Å². The molecular formula is C10H7F2N3O2S. The van der Waals surface area contributed by atoms with Gasteiger partial charge in [-0.15, -0.1) is 0 Å². The van der Waals surface area contributed by atoms with Crippen LogP contribution < -0.4 is 0 Å². The van der Waals surface area contributed by atoms with Crippen LogP contribution in [0.2, 0.25) is 0 Å². The first-order chi connectivity index (χ1) is 8.49. The van der Waals surface area contributed by atoms with Crippen molar-refractivity contribution < 1.29 is 13.7 Å². The Hall–Kier alpha value is -2.09. The molecule has 0 saturated heterocycles. The molecule has 0 aliphatic heterocycles. The van der Waals surface area contributed by atoms with E-state index in [2.05, 4.69) is 5.10 Å². The number of rotatable bonds is 3. The standard InChI is InChI=1S/C10H7F2N3O2S/c11-10(12)8-5-9(18)14(13-8)6-2-1-3-7(4-6)15(16)17/h1-5,10,13H. The average Bonchev–Trinajstić information content (AvgIpc) is 2.72. The number of aromatic nitrogens is 2. The van der Waals surface area contributed by atoms with Crippen molar-refractivity contribution in [3.8, 4) is 5.69 Å². The highest BCUT2D eigenvalue weighted by Gasteiger charge is 2.13. The predicted octanol–water partition coefficient (Wildman–Crippen LogP) is 3.38. The van der Waals surface area contributed by atoms with E-state index in [4.69, 9.17) is 12.2 Å². The molecule has 0 spiro atoms. The van der Waals surface area contributed by atoms with Gasteiger partial charge in [-0.1, -0.05) is 18.3 Å². The van der Waals surface area contributed by atoms with Crippen molar-refractivity contribution in [3.05, 3.63) is 50.8 Å². The molecule has 0 fully saturated rings. The molecule has 0 aliphatic rings. The molecule has 0 aliphatic carbocycles. The monoisotopic (exact) mass is 271 g/mol. The number of nitrogens with zero attached hydrogens (tertiary/aromatic N) is 2. The second-order valence-corrected chi connectivity index (χ2v) is 3.88. The van der Waals surface area contributed by atoms with Crippen LogP contribution in [-0.4, -0.2) is 14.7 Å². The summed E-state index contributed by atoms with van der Waals surface area (Å²) in [6.07, 6.45) is -2.67. The number of nitro groups is 1. The van der Waals surface area contributed by atoms with Crippen molar-refractivity contribution in [1.29, 1.82) is 0 Å². The molecule has 0 unspecified atom stereocenters. The van der Waals surface area contributed by atoms with Gasteiger partial charge >= 0.3 is 0 Å². The third-order valence-electron chi connectivity index (χ3n) is 2.27. The average molecular weight is 271 g/mol. The molecule has 0 amide bonds. The van der Waals surface area contributed by atoms with Crippen molar-refractivity contribution in [2.24, 2.45) is 0 Å². The zero-order valence-electron chi connectivity index (χ0n) is 8.84. The molecule has 2 rings (SSSR count). The Bertz CT molecular complexity index is 651. The molecule has 2 aromatic rings. The Morgan fingerprint density at radius 3 is 2.67 bits per heavy atom. The predicted molar refractivity (Wildman–Crippen MR) is 62.6 cm³/mol. The minimum atomic E-state index is -2.67. The van der Waals surface area contributed by atoms with E-state index in [9.17, 15) is 18.9 Å². The van der Waals surface area contributed by atoms with Gasteiger partial charge in [0.15, 0.2) is 0 Å². The van der Waals surface area contributed by atoms with Gasteiger partial charge in [-0.05, 0) is 6.07 Å². The smallest absolute Gasteiger partial charge is 0.279 e. The fourth-order valence-electron chi connectivity index (χ4n) is 1.46. The van der Waals surface area contributed by atoms with Gasteiger partial charge in [-0.2, -0.15) is 0 Å². The van der Waals surface area contributed by atoms with Gasteiger partial charge in [0.2, 0.25) is 0 Å². The Balaban J connectivity index is 2.52. The van der Waals surface area contributed by atoms with Gasteiger partial charge in [0.1, 0.15) is 10.3 Å². The van der Waals surface area contributed by atoms with Crippen molar-refractivity contribution in [2.45, 2.75) is 6.43 Å². The van der Waals surface area contributed by atoms with Gasteiger partial charge in [-0.25, -0.2) is 13.5 Å². The number of non-ortho nitro benzene ring substituents is 1. The number of benzene rings is 1. The Morgan fingerprint density at radius 2 is 2.11 bits per heavy atom. The van der Waals surface area contributed by atoms with E-state index >= 15 is 0 Å². The number of H-pyrrole nitrogens is 1. The molecular weight excluding hydrogens is 264 g/mol. The number of nitro benzene ring substituents is 1. The Morgan fingerprint density at radius 1 is 1.39 bits per heavy atom. The quantitative estimate of drug-likeness (QED) is 0.528. The largest absolute Gasteiger partial charge is 0.291 e. The summed E-state index contributed by atoms with van der Waals surface area (Å²) >= 11 is 4.91. The van der Waals surface area contributed by atoms with Crippen LogP contribution >= 0.6 is 12.2 Å². The van der Waals surface area contributed by atoms with E-state index in [1.807, 2.05) is 0 Å². The van der Waals surface area contributed by atoms with Crippen LogP contribution in [0.3, 0.4) is 0 Å². The normalized spacial score (nSPS) is 10.8. The fourth-order valence-corrected chi connectivity index (χ4v) is 1.74. The number of hydrogen-bond acceptors (Lipinski definition) is 3. The molecule has 1 aromatic carbocycles. The zero-order chi connectivity index (χ0) is 13.3. The molecule has 0 atom stereocenters. The Kier molecular flexibility index (Phi) is 3.19. The molecule has 0 radical (unpaired) electrons. The highest BCUT2D eigenvalue weighted by molar-refractivity contribution is 7.71. The van der Waals surface area contributed by atoms with Gasteiger partial charge in [0.05, 0.1) is 10.6 Å². The third-order valence-corrected chi connectivity index (χ3v) is 2.57. The highest BCUT2D eigenvalue weighted by atomic mass is 32.1. The first kappa shape index (κ1) is 12.4. The van der Waals surface area contributed by atoms with Crippen LogP contribution in [0.1, 0.15) is 12.1 Å². The van der Waals surface area contributed by atoms with Gasteiger partial charge in [0, 0.05) is 18.2 Å². The summed E-state index contributed by atoms with van der Waals surface area (Å²) in [6, 6.07) is 6.68. The lowest BCUT2D eigenvalue weighted by molar-refractivity contribution is -0.384. The maximum Gasteiger partial charge on any atom is 0.279 e. The maximum absolute atomic E-state index is 12.5. The first-order valence-electron chi connectivity index (χ1n) is 4.84. The fraction of sp³-hybridized carbons (Fsp3) is 0.100. The van der Waals surface area contributed by atoms with Crippen molar-refractivity contribution in [2.75, 3.05) is 0 Å². The zero-order valence-corrected chi connectivity index (χ0v) is 9.66. The number of halogens is 2. The second kappa shape index (κ2) is 4.65. The van der Waals surface area contributed by atoms with Gasteiger partial charge in [0.25, 0.3) is 12.1 Å². The molecule has 0 bridgehead atoms. The van der Waals surface area contributed by atoms with E-state index < -0.39 is 11.3 Å². The number of nitrogens with one attached hydrogen (secondary N) is 1. The third kappa shape index (κ3) is 2.28. The first-order valence-corrected chi connectivity index (χ1v) is 5.25. The lowest BCUT2D eigenvalue weighted by atomic mass is 10.3. The minimum absolute atomic E-state index is 0.130. The van der Waals surface area contributed by atoms with Crippen molar-refractivity contribution >= 4 is 17.9 Å². The van der Waals surface area contributed by atoms with Gasteiger partial charge in [-0.3, -0.25) is 15.2 Å². The van der Waals surface area contributed by atoms with Crippen LogP contribution in [0.4, 0.5) is 14.5 Å². The van der Waals surface area contributed by atoms with Crippen LogP contribution in [0.25, 0.3) is 5.69 Å². The minimum Gasteiger partial charge on any atom is -0.291 e. The van der Waals surface area contributed by atoms with E-state index in [0.29, 0.717) is 5.69 Å². The lowest BCUT2D eigenvalue weighted by Gasteiger charge is -2.02. The molecule has 1 N–H and O–H groups in total.